The van der Waals surface area contributed by atoms with Crippen molar-refractivity contribution in [3.63, 3.8) is 0 Å². The number of hydrogen-bond donors (Lipinski definition) is 0. The summed E-state index contributed by atoms with van der Waals surface area (Å²) in [5.74, 6) is -0.813. The first-order valence-electron chi connectivity index (χ1n) is 8.52. The van der Waals surface area contributed by atoms with Crippen LogP contribution in [0.25, 0.3) is 16.3 Å². The van der Waals surface area contributed by atoms with Crippen LogP contribution in [0.15, 0.2) is 54.6 Å². The standard InChI is InChI=1S/C21H20N2O3S/c1-15-7-3-4-8-16(15)13-23(2)20(24)14-26-21(25)12-11-19-22-17-9-5-6-10-18(17)27-19/h3-12H,13-14H2,1-2H3/b12-11+. The summed E-state index contributed by atoms with van der Waals surface area (Å²) in [5, 5.41) is 0.719. The van der Waals surface area contributed by atoms with Gasteiger partial charge < -0.3 is 9.64 Å². The maximum absolute atomic E-state index is 12.2. The lowest BCUT2D eigenvalue weighted by Gasteiger charge is -2.18. The van der Waals surface area contributed by atoms with Gasteiger partial charge in [-0.1, -0.05) is 36.4 Å². The molecule has 3 aromatic rings. The van der Waals surface area contributed by atoms with Crippen LogP contribution in [-0.2, 0) is 20.9 Å². The van der Waals surface area contributed by atoms with E-state index in [4.69, 9.17) is 4.74 Å². The monoisotopic (exact) mass is 380 g/mol. The van der Waals surface area contributed by atoms with Crippen molar-refractivity contribution in [1.82, 2.24) is 9.88 Å². The van der Waals surface area contributed by atoms with E-state index in [0.717, 1.165) is 26.4 Å². The number of aryl methyl sites for hydroxylation is 1. The van der Waals surface area contributed by atoms with Crippen LogP contribution in [-0.4, -0.2) is 35.4 Å². The third-order valence-corrected chi connectivity index (χ3v) is 5.11. The third-order valence-electron chi connectivity index (χ3n) is 4.10. The van der Waals surface area contributed by atoms with Crippen LogP contribution in [0.4, 0.5) is 0 Å². The Morgan fingerprint density at radius 3 is 2.67 bits per heavy atom. The van der Waals surface area contributed by atoms with Crippen LogP contribution in [0.5, 0.6) is 0 Å². The molecule has 1 aromatic heterocycles. The molecule has 1 heterocycles. The number of carbonyl (C=O) groups excluding carboxylic acids is 2. The predicted molar refractivity (Wildman–Crippen MR) is 107 cm³/mol. The van der Waals surface area contributed by atoms with Crippen molar-refractivity contribution in [2.24, 2.45) is 0 Å². The molecule has 0 fully saturated rings. The molecule has 6 heteroatoms. The zero-order chi connectivity index (χ0) is 19.2. The minimum atomic E-state index is -0.563. The van der Waals surface area contributed by atoms with E-state index in [0.29, 0.717) is 6.54 Å². The summed E-state index contributed by atoms with van der Waals surface area (Å²) in [4.78, 5) is 30.0. The summed E-state index contributed by atoms with van der Waals surface area (Å²) in [7, 11) is 1.69. The van der Waals surface area contributed by atoms with Crippen molar-refractivity contribution in [3.05, 3.63) is 70.7 Å². The highest BCUT2D eigenvalue weighted by atomic mass is 32.1. The first-order valence-corrected chi connectivity index (χ1v) is 9.33. The fourth-order valence-corrected chi connectivity index (χ4v) is 3.39. The number of likely N-dealkylation sites (N-methyl/N-ethyl adjacent to an activating group) is 1. The number of hydrogen-bond acceptors (Lipinski definition) is 5. The fraction of sp³-hybridized carbons (Fsp3) is 0.190. The summed E-state index contributed by atoms with van der Waals surface area (Å²) < 4.78 is 6.10. The topological polar surface area (TPSA) is 59.5 Å². The van der Waals surface area contributed by atoms with Crippen LogP contribution in [0.3, 0.4) is 0 Å². The van der Waals surface area contributed by atoms with Gasteiger partial charge in [0.2, 0.25) is 0 Å². The maximum Gasteiger partial charge on any atom is 0.331 e. The van der Waals surface area contributed by atoms with Crippen LogP contribution in [0.2, 0.25) is 0 Å². The van der Waals surface area contributed by atoms with Crippen molar-refractivity contribution in [3.8, 4) is 0 Å². The maximum atomic E-state index is 12.2. The van der Waals surface area contributed by atoms with Crippen LogP contribution in [0.1, 0.15) is 16.1 Å². The van der Waals surface area contributed by atoms with Gasteiger partial charge in [-0.05, 0) is 36.3 Å². The number of ether oxygens (including phenoxy) is 1. The lowest BCUT2D eigenvalue weighted by atomic mass is 10.1. The van der Waals surface area contributed by atoms with Crippen LogP contribution >= 0.6 is 11.3 Å². The molecule has 0 saturated heterocycles. The highest BCUT2D eigenvalue weighted by molar-refractivity contribution is 7.19. The normalized spacial score (nSPS) is 11.0. The second-order valence-corrected chi connectivity index (χ2v) is 7.20. The first-order chi connectivity index (χ1) is 13.0. The van der Waals surface area contributed by atoms with Crippen molar-refractivity contribution in [2.45, 2.75) is 13.5 Å². The van der Waals surface area contributed by atoms with Crippen LogP contribution < -0.4 is 0 Å². The molecule has 0 unspecified atom stereocenters. The van der Waals surface area contributed by atoms with E-state index in [2.05, 4.69) is 4.98 Å². The summed E-state index contributed by atoms with van der Waals surface area (Å²) in [6.45, 7) is 2.19. The van der Waals surface area contributed by atoms with Crippen LogP contribution in [0, 0.1) is 6.92 Å². The molecular formula is C21H20N2O3S. The number of rotatable bonds is 6. The van der Waals surface area contributed by atoms with E-state index in [1.807, 2.05) is 55.5 Å². The molecule has 0 atom stereocenters. The van der Waals surface area contributed by atoms with Crippen molar-refractivity contribution in [1.29, 1.82) is 0 Å². The molecule has 0 spiro atoms. The first kappa shape index (κ1) is 18.8. The van der Waals surface area contributed by atoms with E-state index < -0.39 is 5.97 Å². The van der Waals surface area contributed by atoms with Gasteiger partial charge in [-0.3, -0.25) is 4.79 Å². The molecule has 0 aliphatic heterocycles. The van der Waals surface area contributed by atoms with Gasteiger partial charge in [0.15, 0.2) is 6.61 Å². The Labute approximate surface area is 161 Å². The highest BCUT2D eigenvalue weighted by Crippen LogP contribution is 2.22. The fourth-order valence-electron chi connectivity index (χ4n) is 2.52. The number of carbonyl (C=O) groups is 2. The molecule has 0 saturated carbocycles. The average Bonchev–Trinajstić information content (AvgIpc) is 3.09. The van der Waals surface area contributed by atoms with Crippen molar-refractivity contribution in [2.75, 3.05) is 13.7 Å². The molecule has 27 heavy (non-hydrogen) atoms. The molecule has 0 aliphatic rings. The zero-order valence-electron chi connectivity index (χ0n) is 15.2. The molecule has 5 nitrogen and oxygen atoms in total. The lowest BCUT2D eigenvalue weighted by molar-refractivity contribution is -0.147. The Morgan fingerprint density at radius 2 is 1.89 bits per heavy atom. The van der Waals surface area contributed by atoms with E-state index in [1.165, 1.54) is 17.4 Å². The van der Waals surface area contributed by atoms with E-state index in [9.17, 15) is 9.59 Å². The molecule has 0 N–H and O–H groups in total. The number of esters is 1. The molecular weight excluding hydrogens is 360 g/mol. The number of amides is 1. The summed E-state index contributed by atoms with van der Waals surface area (Å²) in [6.07, 6.45) is 2.90. The Kier molecular flexibility index (Phi) is 5.98. The number of benzene rings is 2. The van der Waals surface area contributed by atoms with Gasteiger partial charge in [0.1, 0.15) is 5.01 Å². The Morgan fingerprint density at radius 1 is 1.15 bits per heavy atom. The summed E-state index contributed by atoms with van der Waals surface area (Å²) in [5.41, 5.74) is 3.08. The summed E-state index contributed by atoms with van der Waals surface area (Å²) in [6, 6.07) is 15.6. The molecule has 0 aliphatic carbocycles. The second kappa shape index (κ2) is 8.60. The van der Waals surface area contributed by atoms with Gasteiger partial charge in [-0.15, -0.1) is 11.3 Å². The van der Waals surface area contributed by atoms with E-state index >= 15 is 0 Å². The van der Waals surface area contributed by atoms with Gasteiger partial charge in [0, 0.05) is 19.7 Å². The molecule has 2 aromatic carbocycles. The number of para-hydroxylation sites is 1. The summed E-state index contributed by atoms with van der Waals surface area (Å²) >= 11 is 1.49. The molecule has 138 valence electrons. The number of fused-ring (bicyclic) bond motifs is 1. The minimum Gasteiger partial charge on any atom is -0.452 e. The molecule has 0 bridgehead atoms. The predicted octanol–water partition coefficient (Wildman–Crippen LogP) is 3.82. The smallest absolute Gasteiger partial charge is 0.331 e. The quantitative estimate of drug-likeness (QED) is 0.482. The highest BCUT2D eigenvalue weighted by Gasteiger charge is 2.12. The second-order valence-electron chi connectivity index (χ2n) is 6.14. The number of aromatic nitrogens is 1. The SMILES string of the molecule is Cc1ccccc1CN(C)C(=O)COC(=O)/C=C/c1nc2ccccc2s1. The molecule has 0 radical (unpaired) electrons. The van der Waals surface area contributed by atoms with Gasteiger partial charge >= 0.3 is 5.97 Å². The molecule has 3 rings (SSSR count). The van der Waals surface area contributed by atoms with Gasteiger partial charge in [-0.2, -0.15) is 0 Å². The lowest BCUT2D eigenvalue weighted by Crippen LogP contribution is -2.30. The average molecular weight is 380 g/mol. The Bertz CT molecular complexity index is 961. The van der Waals surface area contributed by atoms with Crippen molar-refractivity contribution < 1.29 is 14.3 Å². The third kappa shape index (κ3) is 5.01. The number of nitrogens with zero attached hydrogens (tertiary/aromatic N) is 2. The largest absolute Gasteiger partial charge is 0.452 e. The minimum absolute atomic E-state index is 0.250. The van der Waals surface area contributed by atoms with Gasteiger partial charge in [-0.25, -0.2) is 9.78 Å². The van der Waals surface area contributed by atoms with Gasteiger partial charge in [0.25, 0.3) is 5.91 Å². The Balaban J connectivity index is 1.50. The molecule has 1 amide bonds. The van der Waals surface area contributed by atoms with E-state index in [-0.39, 0.29) is 12.5 Å². The van der Waals surface area contributed by atoms with E-state index in [1.54, 1.807) is 18.0 Å². The van der Waals surface area contributed by atoms with Crippen molar-refractivity contribution >= 4 is 39.5 Å². The Hall–Kier alpha value is -2.99. The number of thiazole rings is 1. The zero-order valence-corrected chi connectivity index (χ0v) is 16.0. The van der Waals surface area contributed by atoms with Gasteiger partial charge in [0.05, 0.1) is 10.2 Å².